The Bertz CT molecular complexity index is 641. The summed E-state index contributed by atoms with van der Waals surface area (Å²) in [4.78, 5) is 40.4. The number of fused-ring (bicyclic) bond motifs is 1. The highest BCUT2D eigenvalue weighted by molar-refractivity contribution is 6.07. The van der Waals surface area contributed by atoms with Gasteiger partial charge in [-0.05, 0) is 25.0 Å². The van der Waals surface area contributed by atoms with E-state index in [9.17, 15) is 14.4 Å². The van der Waals surface area contributed by atoms with Crippen LogP contribution >= 0.6 is 0 Å². The molecule has 0 spiro atoms. The van der Waals surface area contributed by atoms with Gasteiger partial charge in [0.1, 0.15) is 12.3 Å². The number of likely N-dealkylation sites (tertiary alicyclic amines) is 1. The molecule has 25 heavy (non-hydrogen) atoms. The van der Waals surface area contributed by atoms with Crippen molar-refractivity contribution in [3.63, 3.8) is 0 Å². The highest BCUT2D eigenvalue weighted by Gasteiger charge is 2.47. The lowest BCUT2D eigenvalue weighted by Gasteiger charge is -2.24. The first-order chi connectivity index (χ1) is 12.1. The van der Waals surface area contributed by atoms with Crippen LogP contribution in [0.4, 0.5) is 0 Å². The fraction of sp³-hybridized carbons (Fsp3) is 0.500. The van der Waals surface area contributed by atoms with E-state index in [1.165, 1.54) is 0 Å². The fourth-order valence-electron chi connectivity index (χ4n) is 3.34. The minimum absolute atomic E-state index is 0.227. The van der Waals surface area contributed by atoms with Crippen LogP contribution in [-0.4, -0.2) is 54.3 Å². The largest absolute Gasteiger partial charge is 0.467 e. The number of furan rings is 1. The van der Waals surface area contributed by atoms with Gasteiger partial charge in [-0.3, -0.25) is 19.3 Å². The number of carbonyl (C=O) groups excluding carboxylic acids is 3. The molecule has 1 aromatic heterocycles. The van der Waals surface area contributed by atoms with Crippen molar-refractivity contribution in [1.29, 1.82) is 0 Å². The average Bonchev–Trinajstić information content (AvgIpc) is 3.22. The van der Waals surface area contributed by atoms with Gasteiger partial charge in [-0.2, -0.15) is 0 Å². The molecule has 3 rings (SSSR count). The Balaban J connectivity index is 1.67. The zero-order chi connectivity index (χ0) is 17.8. The zero-order valence-corrected chi connectivity index (χ0v) is 14.2. The van der Waals surface area contributed by atoms with Crippen LogP contribution in [0.25, 0.3) is 0 Å². The van der Waals surface area contributed by atoms with Crippen LogP contribution in [0.3, 0.4) is 0 Å². The predicted molar refractivity (Wildman–Crippen MR) is 88.1 cm³/mol. The highest BCUT2D eigenvalue weighted by atomic mass is 16.5. The second-order valence-corrected chi connectivity index (χ2v) is 6.31. The van der Waals surface area contributed by atoms with Crippen LogP contribution in [-0.2, 0) is 25.7 Å². The summed E-state index contributed by atoms with van der Waals surface area (Å²) in [5.74, 6) is -0.761. The van der Waals surface area contributed by atoms with E-state index in [-0.39, 0.29) is 42.6 Å². The molecule has 134 valence electrons. The third-order valence-electron chi connectivity index (χ3n) is 4.74. The van der Waals surface area contributed by atoms with Crippen LogP contribution < -0.4 is 0 Å². The van der Waals surface area contributed by atoms with Crippen LogP contribution in [0, 0.1) is 11.8 Å². The molecule has 0 aromatic carbocycles. The number of methoxy groups -OCH3 is 1. The topological polar surface area (TPSA) is 80.1 Å². The van der Waals surface area contributed by atoms with Crippen molar-refractivity contribution < 1.29 is 23.5 Å². The lowest BCUT2D eigenvalue weighted by molar-refractivity contribution is -0.147. The molecule has 0 bridgehead atoms. The molecule has 1 aromatic rings. The molecule has 0 saturated carbocycles. The van der Waals surface area contributed by atoms with Gasteiger partial charge in [0.15, 0.2) is 0 Å². The van der Waals surface area contributed by atoms with Gasteiger partial charge >= 0.3 is 0 Å². The average molecular weight is 346 g/mol. The maximum atomic E-state index is 12.7. The van der Waals surface area contributed by atoms with Crippen molar-refractivity contribution in [3.05, 3.63) is 36.3 Å². The summed E-state index contributed by atoms with van der Waals surface area (Å²) in [7, 11) is 1.56. The maximum absolute atomic E-state index is 12.7. The number of carbonyl (C=O) groups is 3. The van der Waals surface area contributed by atoms with Crippen LogP contribution in [0.15, 0.2) is 35.0 Å². The summed E-state index contributed by atoms with van der Waals surface area (Å²) in [6, 6.07) is 3.53. The molecule has 1 saturated heterocycles. The van der Waals surface area contributed by atoms with Crippen molar-refractivity contribution in [2.75, 3.05) is 26.8 Å². The van der Waals surface area contributed by atoms with Gasteiger partial charge < -0.3 is 14.1 Å². The molecule has 1 aliphatic carbocycles. The van der Waals surface area contributed by atoms with Crippen LogP contribution in [0.2, 0.25) is 0 Å². The second-order valence-electron chi connectivity index (χ2n) is 6.31. The van der Waals surface area contributed by atoms with E-state index in [1.807, 2.05) is 12.2 Å². The molecule has 2 aliphatic rings. The summed E-state index contributed by atoms with van der Waals surface area (Å²) >= 11 is 0. The third-order valence-corrected chi connectivity index (χ3v) is 4.74. The number of amides is 3. The number of hydrogen-bond donors (Lipinski definition) is 0. The molecule has 1 fully saturated rings. The van der Waals surface area contributed by atoms with Gasteiger partial charge in [-0.15, -0.1) is 0 Å². The summed E-state index contributed by atoms with van der Waals surface area (Å²) < 4.78 is 10.3. The van der Waals surface area contributed by atoms with E-state index < -0.39 is 0 Å². The number of nitrogens with zero attached hydrogens (tertiary/aromatic N) is 2. The molecule has 2 atom stereocenters. The summed E-state index contributed by atoms with van der Waals surface area (Å²) in [5.41, 5.74) is 0. The Morgan fingerprint density at radius 2 is 1.96 bits per heavy atom. The Kier molecular flexibility index (Phi) is 5.33. The van der Waals surface area contributed by atoms with E-state index in [2.05, 4.69) is 0 Å². The molecular weight excluding hydrogens is 324 g/mol. The van der Waals surface area contributed by atoms with Gasteiger partial charge in [-0.25, -0.2) is 0 Å². The summed E-state index contributed by atoms with van der Waals surface area (Å²) in [5, 5.41) is 0. The number of allylic oxidation sites excluding steroid dienone is 2. The van der Waals surface area contributed by atoms with Crippen molar-refractivity contribution in [2.24, 2.45) is 11.8 Å². The van der Waals surface area contributed by atoms with Crippen molar-refractivity contribution in [1.82, 2.24) is 9.80 Å². The highest BCUT2D eigenvalue weighted by Crippen LogP contribution is 2.34. The van der Waals surface area contributed by atoms with Crippen molar-refractivity contribution >= 4 is 17.7 Å². The Hall–Kier alpha value is -2.41. The van der Waals surface area contributed by atoms with E-state index in [0.717, 1.165) is 4.90 Å². The zero-order valence-electron chi connectivity index (χ0n) is 14.2. The molecule has 2 heterocycles. The molecule has 1 aliphatic heterocycles. The minimum atomic E-state index is -0.317. The van der Waals surface area contributed by atoms with Crippen molar-refractivity contribution in [2.45, 2.75) is 19.4 Å². The lowest BCUT2D eigenvalue weighted by atomic mass is 9.85. The molecule has 0 N–H and O–H groups in total. The first-order valence-corrected chi connectivity index (χ1v) is 8.41. The van der Waals surface area contributed by atoms with Crippen LogP contribution in [0.1, 0.15) is 18.6 Å². The van der Waals surface area contributed by atoms with E-state index >= 15 is 0 Å². The quantitative estimate of drug-likeness (QED) is 0.548. The predicted octanol–water partition coefficient (Wildman–Crippen LogP) is 1.21. The van der Waals surface area contributed by atoms with Gasteiger partial charge in [0, 0.05) is 13.7 Å². The third kappa shape index (κ3) is 3.66. The standard InChI is InChI=1S/C18H22N2O5/c1-24-10-8-19(11-13-5-4-9-25-13)16(21)12-20-17(22)14-6-2-3-7-15(14)18(20)23/h2-5,9,14-15H,6-8,10-12H2,1H3/t14-,15+. The molecular formula is C18H22N2O5. The first kappa shape index (κ1) is 17.4. The Labute approximate surface area is 146 Å². The summed E-state index contributed by atoms with van der Waals surface area (Å²) in [6.07, 6.45) is 6.54. The summed E-state index contributed by atoms with van der Waals surface area (Å²) in [6.45, 7) is 0.777. The van der Waals surface area contributed by atoms with E-state index in [0.29, 0.717) is 31.8 Å². The molecule has 7 heteroatoms. The number of imide groups is 1. The SMILES string of the molecule is COCCN(Cc1ccco1)C(=O)CN1C(=O)[C@H]2CC=CC[C@H]2C1=O. The van der Waals surface area contributed by atoms with Crippen molar-refractivity contribution in [3.8, 4) is 0 Å². The molecule has 0 radical (unpaired) electrons. The van der Waals surface area contributed by atoms with E-state index in [1.54, 1.807) is 30.4 Å². The normalized spacial score (nSPS) is 22.4. The Morgan fingerprint density at radius 3 is 2.52 bits per heavy atom. The first-order valence-electron chi connectivity index (χ1n) is 8.41. The van der Waals surface area contributed by atoms with Gasteiger partial charge in [-0.1, -0.05) is 12.2 Å². The van der Waals surface area contributed by atoms with Gasteiger partial charge in [0.05, 0.1) is 31.3 Å². The Morgan fingerprint density at radius 1 is 1.28 bits per heavy atom. The number of ether oxygens (including phenoxy) is 1. The fourth-order valence-corrected chi connectivity index (χ4v) is 3.34. The van der Waals surface area contributed by atoms with E-state index in [4.69, 9.17) is 9.15 Å². The molecule has 3 amide bonds. The smallest absolute Gasteiger partial charge is 0.243 e. The molecule has 0 unspecified atom stereocenters. The van der Waals surface area contributed by atoms with Gasteiger partial charge in [0.2, 0.25) is 17.7 Å². The lowest BCUT2D eigenvalue weighted by Crippen LogP contribution is -2.44. The van der Waals surface area contributed by atoms with Gasteiger partial charge in [0.25, 0.3) is 0 Å². The number of hydrogen-bond acceptors (Lipinski definition) is 5. The monoisotopic (exact) mass is 346 g/mol. The second kappa shape index (κ2) is 7.65. The minimum Gasteiger partial charge on any atom is -0.467 e. The molecule has 7 nitrogen and oxygen atoms in total. The maximum Gasteiger partial charge on any atom is 0.243 e. The van der Waals surface area contributed by atoms with Crippen LogP contribution in [0.5, 0.6) is 0 Å². The number of rotatable bonds is 7.